The molecule has 0 bridgehead atoms. The highest BCUT2D eigenvalue weighted by Crippen LogP contribution is 2.39. The van der Waals surface area contributed by atoms with Crippen molar-refractivity contribution in [3.05, 3.63) is 35.0 Å². The molecule has 1 aliphatic heterocycles. The number of thioether (sulfide) groups is 1. The predicted octanol–water partition coefficient (Wildman–Crippen LogP) is 4.46. The molecule has 8 heteroatoms. The molecule has 0 spiro atoms. The molecule has 1 N–H and O–H groups in total. The molecule has 7 nitrogen and oxygen atoms in total. The molecular formula is C21H28N4O3S. The van der Waals surface area contributed by atoms with E-state index < -0.39 is 0 Å². The topological polar surface area (TPSA) is 78.3 Å². The van der Waals surface area contributed by atoms with Gasteiger partial charge in [0.15, 0.2) is 17.3 Å². The van der Waals surface area contributed by atoms with Crippen molar-refractivity contribution in [3.63, 3.8) is 0 Å². The molecule has 29 heavy (non-hydrogen) atoms. The molecule has 1 unspecified atom stereocenters. The molecule has 0 saturated heterocycles. The van der Waals surface area contributed by atoms with Gasteiger partial charge in [-0.2, -0.15) is 4.98 Å². The van der Waals surface area contributed by atoms with Crippen LogP contribution in [0.1, 0.15) is 52.1 Å². The monoisotopic (exact) mass is 416 g/mol. The predicted molar refractivity (Wildman–Crippen MR) is 115 cm³/mol. The summed E-state index contributed by atoms with van der Waals surface area (Å²) in [7, 11) is 1.61. The molecule has 2 aromatic rings. The van der Waals surface area contributed by atoms with E-state index in [-0.39, 0.29) is 11.8 Å². The van der Waals surface area contributed by atoms with Crippen LogP contribution in [0.3, 0.4) is 0 Å². The van der Waals surface area contributed by atoms with Gasteiger partial charge in [0.05, 0.1) is 13.7 Å². The fourth-order valence-corrected chi connectivity index (χ4v) is 4.31. The van der Waals surface area contributed by atoms with Crippen LogP contribution in [0.15, 0.2) is 34.6 Å². The lowest BCUT2D eigenvalue weighted by Crippen LogP contribution is -2.27. The molecule has 3 rings (SSSR count). The molecule has 0 amide bonds. The fourth-order valence-electron chi connectivity index (χ4n) is 3.40. The highest BCUT2D eigenvalue weighted by atomic mass is 32.2. The number of Topliss-reactive ketones (excluding diaryl/α,β-unsaturated/α-hetero) is 1. The van der Waals surface area contributed by atoms with Gasteiger partial charge in [0.2, 0.25) is 11.1 Å². The van der Waals surface area contributed by atoms with Crippen molar-refractivity contribution in [3.8, 4) is 11.5 Å². The molecule has 1 aromatic carbocycles. The number of nitrogens with one attached hydrogen (secondary N) is 1. The van der Waals surface area contributed by atoms with Gasteiger partial charge in [-0.05, 0) is 44.9 Å². The number of ether oxygens (including phenoxy) is 2. The second-order valence-electron chi connectivity index (χ2n) is 6.83. The van der Waals surface area contributed by atoms with Crippen LogP contribution in [0, 0.1) is 0 Å². The lowest BCUT2D eigenvalue weighted by molar-refractivity contribution is -0.114. The minimum Gasteiger partial charge on any atom is -0.493 e. The summed E-state index contributed by atoms with van der Waals surface area (Å²) in [6, 6.07) is 5.36. The van der Waals surface area contributed by atoms with E-state index in [0.29, 0.717) is 34.8 Å². The first-order valence-electron chi connectivity index (χ1n) is 9.88. The normalized spacial score (nSPS) is 15.7. The number of ketones is 1. The number of methoxy groups -OCH3 is 1. The van der Waals surface area contributed by atoms with Crippen molar-refractivity contribution in [2.75, 3.05) is 24.8 Å². The number of benzene rings is 1. The number of fused-ring (bicyclic) bond motifs is 1. The van der Waals surface area contributed by atoms with Gasteiger partial charge in [-0.25, -0.2) is 4.68 Å². The lowest BCUT2D eigenvalue weighted by Gasteiger charge is -2.28. The summed E-state index contributed by atoms with van der Waals surface area (Å²) in [6.45, 7) is 8.10. The summed E-state index contributed by atoms with van der Waals surface area (Å²) in [5.41, 5.74) is 2.36. The van der Waals surface area contributed by atoms with Gasteiger partial charge in [-0.15, -0.1) is 5.10 Å². The number of unbranched alkanes of at least 4 members (excludes halogenated alkanes) is 1. The van der Waals surface area contributed by atoms with E-state index in [1.54, 1.807) is 30.5 Å². The van der Waals surface area contributed by atoms with Gasteiger partial charge in [0.25, 0.3) is 0 Å². The Balaban J connectivity index is 2.07. The minimum atomic E-state index is -0.373. The first-order chi connectivity index (χ1) is 14.0. The maximum Gasteiger partial charge on any atom is 0.227 e. The Morgan fingerprint density at radius 1 is 1.31 bits per heavy atom. The second-order valence-corrected chi connectivity index (χ2v) is 7.89. The smallest absolute Gasteiger partial charge is 0.227 e. The first kappa shape index (κ1) is 21.2. The van der Waals surface area contributed by atoms with Crippen molar-refractivity contribution in [1.29, 1.82) is 0 Å². The summed E-state index contributed by atoms with van der Waals surface area (Å²) >= 11 is 1.63. The number of hydrogen-bond donors (Lipinski definition) is 1. The van der Waals surface area contributed by atoms with E-state index in [2.05, 4.69) is 17.2 Å². The molecule has 0 radical (unpaired) electrons. The summed E-state index contributed by atoms with van der Waals surface area (Å²) < 4.78 is 13.0. The van der Waals surface area contributed by atoms with Crippen LogP contribution in [0.25, 0.3) is 0 Å². The van der Waals surface area contributed by atoms with Crippen molar-refractivity contribution in [2.24, 2.45) is 0 Å². The quantitative estimate of drug-likeness (QED) is 0.478. The lowest BCUT2D eigenvalue weighted by atomic mass is 9.93. The van der Waals surface area contributed by atoms with Gasteiger partial charge in [0.1, 0.15) is 6.04 Å². The largest absolute Gasteiger partial charge is 0.493 e. The van der Waals surface area contributed by atoms with Crippen molar-refractivity contribution in [2.45, 2.75) is 51.7 Å². The maximum absolute atomic E-state index is 12.5. The molecule has 0 fully saturated rings. The van der Waals surface area contributed by atoms with E-state index in [1.165, 1.54) is 0 Å². The molecule has 0 aliphatic carbocycles. The summed E-state index contributed by atoms with van der Waals surface area (Å²) in [4.78, 5) is 17.2. The van der Waals surface area contributed by atoms with Gasteiger partial charge in [-0.3, -0.25) is 4.79 Å². The molecule has 2 heterocycles. The Kier molecular flexibility index (Phi) is 6.84. The van der Waals surface area contributed by atoms with Gasteiger partial charge in [0, 0.05) is 17.0 Å². The Morgan fingerprint density at radius 3 is 2.76 bits per heavy atom. The first-order valence-corrected chi connectivity index (χ1v) is 10.9. The number of hydrogen-bond acceptors (Lipinski definition) is 7. The highest BCUT2D eigenvalue weighted by molar-refractivity contribution is 7.99. The zero-order valence-corrected chi connectivity index (χ0v) is 18.4. The van der Waals surface area contributed by atoms with E-state index in [0.717, 1.165) is 29.9 Å². The maximum atomic E-state index is 12.5. The number of carbonyl (C=O) groups excluding carboxylic acids is 1. The van der Waals surface area contributed by atoms with E-state index in [1.807, 2.05) is 32.0 Å². The summed E-state index contributed by atoms with van der Waals surface area (Å²) in [5.74, 6) is 2.91. The Labute approximate surface area is 175 Å². The van der Waals surface area contributed by atoms with Crippen molar-refractivity contribution in [1.82, 2.24) is 14.8 Å². The fraction of sp³-hybridized carbons (Fsp3) is 0.476. The van der Waals surface area contributed by atoms with Crippen LogP contribution in [0.5, 0.6) is 11.5 Å². The van der Waals surface area contributed by atoms with Gasteiger partial charge >= 0.3 is 0 Å². The SMILES string of the molecule is CCCCSc1nc2n(n1)C(c1ccc(OC)c(OCC)c1)C(C(C)=O)=C(C)N2. The number of aromatic nitrogens is 3. The van der Waals surface area contributed by atoms with Gasteiger partial charge in [-0.1, -0.05) is 31.2 Å². The van der Waals surface area contributed by atoms with Crippen LogP contribution >= 0.6 is 11.8 Å². The number of carbonyl (C=O) groups is 1. The standard InChI is InChI=1S/C21H28N4O3S/c1-6-8-11-29-21-23-20-22-13(3)18(14(4)26)19(25(20)24-21)15-9-10-16(27-5)17(12-15)28-7-2/h9-10,12,19H,6-8,11H2,1-5H3,(H,22,23,24). The summed E-state index contributed by atoms with van der Waals surface area (Å²) in [6.07, 6.45) is 2.24. The zero-order chi connectivity index (χ0) is 21.0. The van der Waals surface area contributed by atoms with Crippen LogP contribution in [-0.2, 0) is 4.79 Å². The highest BCUT2D eigenvalue weighted by Gasteiger charge is 2.33. The van der Waals surface area contributed by atoms with E-state index >= 15 is 0 Å². The van der Waals surface area contributed by atoms with Crippen molar-refractivity contribution >= 4 is 23.5 Å². The third-order valence-electron chi connectivity index (χ3n) is 4.74. The van der Waals surface area contributed by atoms with Crippen LogP contribution in [0.4, 0.5) is 5.95 Å². The average Bonchev–Trinajstić information content (AvgIpc) is 3.09. The van der Waals surface area contributed by atoms with Crippen molar-refractivity contribution < 1.29 is 14.3 Å². The average molecular weight is 417 g/mol. The Hall–Kier alpha value is -2.48. The zero-order valence-electron chi connectivity index (χ0n) is 17.6. The Bertz CT molecular complexity index is 923. The number of nitrogens with zero attached hydrogens (tertiary/aromatic N) is 3. The minimum absolute atomic E-state index is 0.00452. The molecule has 1 aliphatic rings. The number of rotatable bonds is 9. The van der Waals surface area contributed by atoms with E-state index in [9.17, 15) is 4.79 Å². The summed E-state index contributed by atoms with van der Waals surface area (Å²) in [5, 5.41) is 8.67. The van der Waals surface area contributed by atoms with Crippen LogP contribution < -0.4 is 14.8 Å². The molecule has 156 valence electrons. The third-order valence-corrected chi connectivity index (χ3v) is 5.67. The molecular weight excluding hydrogens is 388 g/mol. The molecule has 1 atom stereocenters. The third kappa shape index (κ3) is 4.42. The van der Waals surface area contributed by atoms with Crippen LogP contribution in [-0.4, -0.2) is 40.0 Å². The number of anilines is 1. The van der Waals surface area contributed by atoms with Crippen LogP contribution in [0.2, 0.25) is 0 Å². The second kappa shape index (κ2) is 9.35. The Morgan fingerprint density at radius 2 is 2.10 bits per heavy atom. The molecule has 1 aromatic heterocycles. The van der Waals surface area contributed by atoms with E-state index in [4.69, 9.17) is 14.6 Å². The number of allylic oxidation sites excluding steroid dienone is 2. The molecule has 0 saturated carbocycles. The van der Waals surface area contributed by atoms with Gasteiger partial charge < -0.3 is 14.8 Å².